The second kappa shape index (κ2) is 10.7. The first-order chi connectivity index (χ1) is 16.0. The molecular formula is C26H29N5OS. The lowest BCUT2D eigenvalue weighted by atomic mass is 10.1. The minimum Gasteiger partial charge on any atom is -0.298 e. The number of amides is 1. The van der Waals surface area contributed by atoms with Crippen LogP contribution in [-0.2, 0) is 17.9 Å². The van der Waals surface area contributed by atoms with E-state index in [0.717, 1.165) is 67.8 Å². The molecule has 4 rings (SSSR count). The molecule has 0 saturated carbocycles. The number of hydrogen-bond donors (Lipinski definition) is 0. The first-order valence-electron chi connectivity index (χ1n) is 11.3. The van der Waals surface area contributed by atoms with Crippen LogP contribution in [0.3, 0.4) is 0 Å². The zero-order chi connectivity index (χ0) is 23.2. The van der Waals surface area contributed by atoms with E-state index in [1.807, 2.05) is 55.5 Å². The summed E-state index contributed by atoms with van der Waals surface area (Å²) in [6.45, 7) is 9.40. The average molecular weight is 460 g/mol. The maximum absolute atomic E-state index is 12.4. The lowest BCUT2D eigenvalue weighted by Gasteiger charge is -2.21. The molecule has 3 aromatic rings. The zero-order valence-corrected chi connectivity index (χ0v) is 20.0. The van der Waals surface area contributed by atoms with Crippen LogP contribution in [-0.4, -0.2) is 46.9 Å². The van der Waals surface area contributed by atoms with Crippen molar-refractivity contribution in [1.29, 1.82) is 5.26 Å². The van der Waals surface area contributed by atoms with E-state index in [1.54, 1.807) is 11.8 Å². The van der Waals surface area contributed by atoms with Gasteiger partial charge in [0.15, 0.2) is 5.13 Å². The molecule has 1 fully saturated rings. The quantitative estimate of drug-likeness (QED) is 0.534. The zero-order valence-electron chi connectivity index (χ0n) is 19.2. The Morgan fingerprint density at radius 3 is 2.33 bits per heavy atom. The highest BCUT2D eigenvalue weighted by Crippen LogP contribution is 2.29. The van der Waals surface area contributed by atoms with E-state index in [9.17, 15) is 4.79 Å². The molecule has 2 aromatic carbocycles. The smallest absolute Gasteiger partial charge is 0.230 e. The number of aromatic nitrogens is 1. The SMILES string of the molecule is CC(=O)N(c1ccc(C)cc1)c1nc(CN2CCCN(Cc3ccc(C#N)cc3)CC2)cs1. The lowest BCUT2D eigenvalue weighted by molar-refractivity contribution is -0.115. The van der Waals surface area contributed by atoms with Gasteiger partial charge < -0.3 is 0 Å². The van der Waals surface area contributed by atoms with E-state index < -0.39 is 0 Å². The fourth-order valence-corrected chi connectivity index (χ4v) is 4.98. The molecular weight excluding hydrogens is 430 g/mol. The Bertz CT molecular complexity index is 1120. The third-order valence-electron chi connectivity index (χ3n) is 5.89. The summed E-state index contributed by atoms with van der Waals surface area (Å²) in [6.07, 6.45) is 1.11. The largest absolute Gasteiger partial charge is 0.298 e. The van der Waals surface area contributed by atoms with Crippen LogP contribution in [0.4, 0.5) is 10.8 Å². The van der Waals surface area contributed by atoms with Gasteiger partial charge in [-0.1, -0.05) is 29.8 Å². The Hall–Kier alpha value is -3.05. The first-order valence-corrected chi connectivity index (χ1v) is 12.2. The van der Waals surface area contributed by atoms with Gasteiger partial charge in [-0.15, -0.1) is 11.3 Å². The Labute approximate surface area is 199 Å². The Morgan fingerprint density at radius 1 is 1.03 bits per heavy atom. The van der Waals surface area contributed by atoms with Crippen molar-refractivity contribution in [3.05, 3.63) is 76.3 Å². The standard InChI is InChI=1S/C26H29N5OS/c1-20-4-10-25(11-5-20)31(21(2)32)26-28-24(19-33-26)18-30-13-3-12-29(14-15-30)17-23-8-6-22(16-27)7-9-23/h4-11,19H,3,12-15,17-18H2,1-2H3. The summed E-state index contributed by atoms with van der Waals surface area (Å²) in [5, 5.41) is 11.8. The molecule has 0 radical (unpaired) electrons. The van der Waals surface area contributed by atoms with Crippen LogP contribution in [0.25, 0.3) is 0 Å². The van der Waals surface area contributed by atoms with Crippen LogP contribution in [0.5, 0.6) is 0 Å². The molecule has 2 heterocycles. The van der Waals surface area contributed by atoms with E-state index in [2.05, 4.69) is 21.2 Å². The fraction of sp³-hybridized carbons (Fsp3) is 0.346. The summed E-state index contributed by atoms with van der Waals surface area (Å²) in [7, 11) is 0. The van der Waals surface area contributed by atoms with Crippen molar-refractivity contribution in [3.63, 3.8) is 0 Å². The molecule has 6 nitrogen and oxygen atoms in total. The Kier molecular flexibility index (Phi) is 7.50. The van der Waals surface area contributed by atoms with Gasteiger partial charge in [0.2, 0.25) is 5.91 Å². The van der Waals surface area contributed by atoms with Crippen LogP contribution in [0.2, 0.25) is 0 Å². The van der Waals surface area contributed by atoms with Crippen LogP contribution in [0.1, 0.15) is 35.7 Å². The van der Waals surface area contributed by atoms with Crippen LogP contribution in [0.15, 0.2) is 53.9 Å². The third-order valence-corrected chi connectivity index (χ3v) is 6.77. The van der Waals surface area contributed by atoms with Crippen LogP contribution in [0, 0.1) is 18.3 Å². The minimum absolute atomic E-state index is 0.0343. The van der Waals surface area contributed by atoms with Crippen molar-refractivity contribution >= 4 is 28.1 Å². The van der Waals surface area contributed by atoms with E-state index in [4.69, 9.17) is 10.2 Å². The van der Waals surface area contributed by atoms with E-state index in [0.29, 0.717) is 5.56 Å². The number of benzene rings is 2. The maximum atomic E-state index is 12.4. The van der Waals surface area contributed by atoms with Crippen LogP contribution < -0.4 is 4.90 Å². The number of nitrogens with zero attached hydrogens (tertiary/aromatic N) is 5. The molecule has 1 aliphatic rings. The molecule has 0 spiro atoms. The van der Waals surface area contributed by atoms with Gasteiger partial charge >= 0.3 is 0 Å². The highest BCUT2D eigenvalue weighted by molar-refractivity contribution is 7.14. The summed E-state index contributed by atoms with van der Waals surface area (Å²) in [5.41, 5.74) is 4.97. The van der Waals surface area contributed by atoms with Crippen molar-refractivity contribution in [2.24, 2.45) is 0 Å². The van der Waals surface area contributed by atoms with Crippen molar-refractivity contribution in [3.8, 4) is 6.07 Å². The van der Waals surface area contributed by atoms with Gasteiger partial charge in [-0.2, -0.15) is 5.26 Å². The van der Waals surface area contributed by atoms with Crippen LogP contribution >= 0.6 is 11.3 Å². The van der Waals surface area contributed by atoms with Gasteiger partial charge in [0.05, 0.1) is 23.0 Å². The number of rotatable bonds is 6. The molecule has 33 heavy (non-hydrogen) atoms. The summed E-state index contributed by atoms with van der Waals surface area (Å²) in [5.74, 6) is -0.0343. The fourth-order valence-electron chi connectivity index (χ4n) is 4.10. The molecule has 170 valence electrons. The molecule has 7 heteroatoms. The van der Waals surface area contributed by atoms with Gasteiger partial charge in [-0.3, -0.25) is 19.5 Å². The number of hydrogen-bond acceptors (Lipinski definition) is 6. The second-order valence-corrected chi connectivity index (χ2v) is 9.36. The number of carbonyl (C=O) groups excluding carboxylic acids is 1. The van der Waals surface area contributed by atoms with Gasteiger partial charge in [0, 0.05) is 38.5 Å². The van der Waals surface area contributed by atoms with Gasteiger partial charge in [-0.05, 0) is 56.3 Å². The molecule has 0 unspecified atom stereocenters. The molecule has 1 aliphatic heterocycles. The Morgan fingerprint density at radius 2 is 1.70 bits per heavy atom. The average Bonchev–Trinajstić information content (AvgIpc) is 3.14. The number of carbonyl (C=O) groups is 1. The minimum atomic E-state index is -0.0343. The monoisotopic (exact) mass is 459 g/mol. The molecule has 1 aromatic heterocycles. The number of aryl methyl sites for hydroxylation is 1. The summed E-state index contributed by atoms with van der Waals surface area (Å²) in [6, 6.07) is 18.0. The Balaban J connectivity index is 1.36. The second-order valence-electron chi connectivity index (χ2n) is 8.53. The van der Waals surface area contributed by atoms with Crippen molar-refractivity contribution in [2.45, 2.75) is 33.4 Å². The first kappa shape index (κ1) is 23.1. The molecule has 0 atom stereocenters. The normalized spacial score (nSPS) is 15.1. The highest BCUT2D eigenvalue weighted by atomic mass is 32.1. The van der Waals surface area contributed by atoms with Crippen molar-refractivity contribution in [1.82, 2.24) is 14.8 Å². The van der Waals surface area contributed by atoms with E-state index in [1.165, 1.54) is 16.9 Å². The summed E-state index contributed by atoms with van der Waals surface area (Å²) < 4.78 is 0. The predicted molar refractivity (Wildman–Crippen MR) is 132 cm³/mol. The summed E-state index contributed by atoms with van der Waals surface area (Å²) >= 11 is 1.52. The number of thiazole rings is 1. The molecule has 1 saturated heterocycles. The summed E-state index contributed by atoms with van der Waals surface area (Å²) in [4.78, 5) is 23.8. The predicted octanol–water partition coefficient (Wildman–Crippen LogP) is 4.72. The molecule has 0 aliphatic carbocycles. The van der Waals surface area contributed by atoms with E-state index >= 15 is 0 Å². The third kappa shape index (κ3) is 6.05. The lowest BCUT2D eigenvalue weighted by Crippen LogP contribution is -2.30. The number of anilines is 2. The highest BCUT2D eigenvalue weighted by Gasteiger charge is 2.20. The topological polar surface area (TPSA) is 63.5 Å². The molecule has 0 N–H and O–H groups in total. The molecule has 0 bridgehead atoms. The van der Waals surface area contributed by atoms with Crippen molar-refractivity contribution < 1.29 is 4.79 Å². The number of nitriles is 1. The molecule has 1 amide bonds. The van der Waals surface area contributed by atoms with Gasteiger partial charge in [-0.25, -0.2) is 4.98 Å². The maximum Gasteiger partial charge on any atom is 0.230 e. The van der Waals surface area contributed by atoms with Gasteiger partial charge in [0.25, 0.3) is 0 Å². The van der Waals surface area contributed by atoms with Gasteiger partial charge in [0.1, 0.15) is 0 Å². The van der Waals surface area contributed by atoms with E-state index in [-0.39, 0.29) is 5.91 Å². The van der Waals surface area contributed by atoms with Crippen molar-refractivity contribution in [2.75, 3.05) is 31.1 Å².